The van der Waals surface area contributed by atoms with Crippen LogP contribution in [0.2, 0.25) is 0 Å². The van der Waals surface area contributed by atoms with E-state index in [2.05, 4.69) is 47.1 Å². The van der Waals surface area contributed by atoms with Crippen molar-refractivity contribution in [1.82, 2.24) is 0 Å². The van der Waals surface area contributed by atoms with Crippen LogP contribution in [-0.4, -0.2) is 0 Å². The standard InChI is InChI=1S/C10H9Br/c1-7-5-8-3-2-4-9(8)6-10(7)11/h2-3,5-6H,4H2,1H3. The van der Waals surface area contributed by atoms with E-state index in [0.717, 1.165) is 6.42 Å². The molecule has 0 aromatic heterocycles. The van der Waals surface area contributed by atoms with Crippen molar-refractivity contribution >= 4 is 22.0 Å². The van der Waals surface area contributed by atoms with Gasteiger partial charge in [0.05, 0.1) is 0 Å². The van der Waals surface area contributed by atoms with Gasteiger partial charge in [0, 0.05) is 4.47 Å². The maximum atomic E-state index is 3.52. The summed E-state index contributed by atoms with van der Waals surface area (Å²) in [5, 5.41) is 0. The highest BCUT2D eigenvalue weighted by molar-refractivity contribution is 9.10. The molecule has 1 aromatic rings. The Bertz CT molecular complexity index is 324. The molecule has 0 saturated heterocycles. The fourth-order valence-electron chi connectivity index (χ4n) is 1.39. The third kappa shape index (κ3) is 1.14. The second kappa shape index (κ2) is 2.49. The largest absolute Gasteiger partial charge is 0.0795 e. The van der Waals surface area contributed by atoms with Crippen molar-refractivity contribution in [2.45, 2.75) is 13.3 Å². The van der Waals surface area contributed by atoms with Crippen LogP contribution < -0.4 is 0 Å². The quantitative estimate of drug-likeness (QED) is 0.614. The number of halogens is 1. The molecule has 1 aliphatic carbocycles. The van der Waals surface area contributed by atoms with E-state index in [4.69, 9.17) is 0 Å². The van der Waals surface area contributed by atoms with Crippen LogP contribution >= 0.6 is 15.9 Å². The Morgan fingerprint density at radius 3 is 3.00 bits per heavy atom. The molecule has 0 saturated carbocycles. The Balaban J connectivity index is 2.63. The molecular formula is C10H9Br. The summed E-state index contributed by atoms with van der Waals surface area (Å²) >= 11 is 3.52. The summed E-state index contributed by atoms with van der Waals surface area (Å²) in [7, 11) is 0. The van der Waals surface area contributed by atoms with Gasteiger partial charge in [-0.15, -0.1) is 0 Å². The third-order valence-corrected chi connectivity index (χ3v) is 2.91. The van der Waals surface area contributed by atoms with Crippen molar-refractivity contribution < 1.29 is 0 Å². The third-order valence-electron chi connectivity index (χ3n) is 2.06. The lowest BCUT2D eigenvalue weighted by molar-refractivity contribution is 1.28. The highest BCUT2D eigenvalue weighted by atomic mass is 79.9. The van der Waals surface area contributed by atoms with E-state index in [9.17, 15) is 0 Å². The van der Waals surface area contributed by atoms with Crippen LogP contribution in [0.15, 0.2) is 22.7 Å². The van der Waals surface area contributed by atoms with Crippen molar-refractivity contribution in [1.29, 1.82) is 0 Å². The molecular weight excluding hydrogens is 200 g/mol. The lowest BCUT2D eigenvalue weighted by atomic mass is 10.1. The summed E-state index contributed by atoms with van der Waals surface area (Å²) in [5.74, 6) is 0. The number of benzene rings is 1. The van der Waals surface area contributed by atoms with Crippen LogP contribution in [-0.2, 0) is 6.42 Å². The van der Waals surface area contributed by atoms with E-state index in [0.29, 0.717) is 0 Å². The van der Waals surface area contributed by atoms with Gasteiger partial charge >= 0.3 is 0 Å². The van der Waals surface area contributed by atoms with Gasteiger partial charge in [-0.2, -0.15) is 0 Å². The zero-order valence-corrected chi connectivity index (χ0v) is 7.98. The lowest BCUT2D eigenvalue weighted by Gasteiger charge is -2.02. The van der Waals surface area contributed by atoms with Crippen LogP contribution in [0, 0.1) is 6.92 Å². The zero-order valence-electron chi connectivity index (χ0n) is 6.39. The van der Waals surface area contributed by atoms with Gasteiger partial charge in [-0.1, -0.05) is 34.1 Å². The maximum Gasteiger partial charge on any atom is 0.0207 e. The van der Waals surface area contributed by atoms with Crippen molar-refractivity contribution in [2.75, 3.05) is 0 Å². The molecule has 0 atom stereocenters. The molecule has 11 heavy (non-hydrogen) atoms. The minimum absolute atomic E-state index is 1.09. The van der Waals surface area contributed by atoms with Gasteiger partial charge in [0.25, 0.3) is 0 Å². The summed E-state index contributed by atoms with van der Waals surface area (Å²) < 4.78 is 1.22. The normalized spacial score (nSPS) is 13.6. The first kappa shape index (κ1) is 7.11. The fraction of sp³-hybridized carbons (Fsp3) is 0.200. The smallest absolute Gasteiger partial charge is 0.0207 e. The van der Waals surface area contributed by atoms with Gasteiger partial charge < -0.3 is 0 Å². The van der Waals surface area contributed by atoms with Crippen LogP contribution in [0.3, 0.4) is 0 Å². The summed E-state index contributed by atoms with van der Waals surface area (Å²) in [6, 6.07) is 4.44. The average molecular weight is 209 g/mol. The Hall–Kier alpha value is -0.560. The molecule has 0 heterocycles. The van der Waals surface area contributed by atoms with Gasteiger partial charge in [0.1, 0.15) is 0 Å². The van der Waals surface area contributed by atoms with Gasteiger partial charge in [0.15, 0.2) is 0 Å². The summed E-state index contributed by atoms with van der Waals surface area (Å²) in [5.41, 5.74) is 4.13. The molecule has 2 rings (SSSR count). The highest BCUT2D eigenvalue weighted by Gasteiger charge is 2.06. The van der Waals surface area contributed by atoms with Crippen molar-refractivity contribution in [3.05, 3.63) is 39.4 Å². The molecule has 0 fully saturated rings. The molecule has 56 valence electrons. The van der Waals surface area contributed by atoms with E-state index in [1.165, 1.54) is 21.2 Å². The Morgan fingerprint density at radius 2 is 2.18 bits per heavy atom. The predicted octanol–water partition coefficient (Wildman–Crippen LogP) is 3.33. The topological polar surface area (TPSA) is 0 Å². The first-order valence-electron chi connectivity index (χ1n) is 3.73. The monoisotopic (exact) mass is 208 g/mol. The summed E-state index contributed by atoms with van der Waals surface area (Å²) in [6.07, 6.45) is 5.49. The first-order valence-corrected chi connectivity index (χ1v) is 4.52. The number of fused-ring (bicyclic) bond motifs is 1. The second-order valence-corrected chi connectivity index (χ2v) is 3.76. The number of rotatable bonds is 0. The Kier molecular flexibility index (Phi) is 1.61. The fourth-order valence-corrected chi connectivity index (χ4v) is 1.78. The van der Waals surface area contributed by atoms with E-state index in [1.54, 1.807) is 0 Å². The molecule has 0 aliphatic heterocycles. The predicted molar refractivity (Wildman–Crippen MR) is 51.6 cm³/mol. The first-order chi connectivity index (χ1) is 5.27. The maximum absolute atomic E-state index is 3.52. The lowest BCUT2D eigenvalue weighted by Crippen LogP contribution is -1.84. The number of aryl methyl sites for hydroxylation is 1. The second-order valence-electron chi connectivity index (χ2n) is 2.91. The van der Waals surface area contributed by atoms with Gasteiger partial charge in [-0.3, -0.25) is 0 Å². The van der Waals surface area contributed by atoms with Gasteiger partial charge in [-0.25, -0.2) is 0 Å². The van der Waals surface area contributed by atoms with E-state index >= 15 is 0 Å². The molecule has 1 aliphatic rings. The average Bonchev–Trinajstić information content (AvgIpc) is 2.36. The molecule has 0 bridgehead atoms. The Labute approximate surface area is 75.1 Å². The highest BCUT2D eigenvalue weighted by Crippen LogP contribution is 2.26. The molecule has 0 N–H and O–H groups in total. The zero-order chi connectivity index (χ0) is 7.84. The van der Waals surface area contributed by atoms with Crippen molar-refractivity contribution in [3.8, 4) is 0 Å². The van der Waals surface area contributed by atoms with Crippen LogP contribution in [0.5, 0.6) is 0 Å². The molecule has 0 amide bonds. The molecule has 0 spiro atoms. The van der Waals surface area contributed by atoms with Crippen LogP contribution in [0.25, 0.3) is 6.08 Å². The van der Waals surface area contributed by atoms with Crippen LogP contribution in [0.1, 0.15) is 16.7 Å². The molecule has 1 heteroatoms. The minimum Gasteiger partial charge on any atom is -0.0795 e. The molecule has 0 radical (unpaired) electrons. The number of hydrogen-bond acceptors (Lipinski definition) is 0. The van der Waals surface area contributed by atoms with Crippen molar-refractivity contribution in [3.63, 3.8) is 0 Å². The van der Waals surface area contributed by atoms with Crippen molar-refractivity contribution in [2.24, 2.45) is 0 Å². The number of allylic oxidation sites excluding steroid dienone is 1. The van der Waals surface area contributed by atoms with Gasteiger partial charge in [0.2, 0.25) is 0 Å². The molecule has 0 nitrogen and oxygen atoms in total. The number of hydrogen-bond donors (Lipinski definition) is 0. The minimum atomic E-state index is 1.09. The van der Waals surface area contributed by atoms with Crippen LogP contribution in [0.4, 0.5) is 0 Å². The van der Waals surface area contributed by atoms with E-state index in [-0.39, 0.29) is 0 Å². The summed E-state index contributed by atoms with van der Waals surface area (Å²) in [4.78, 5) is 0. The van der Waals surface area contributed by atoms with E-state index in [1.807, 2.05) is 0 Å². The SMILES string of the molecule is Cc1cc2c(cc1Br)CC=C2. The van der Waals surface area contributed by atoms with E-state index < -0.39 is 0 Å². The van der Waals surface area contributed by atoms with Gasteiger partial charge in [-0.05, 0) is 36.1 Å². The Morgan fingerprint density at radius 1 is 1.36 bits per heavy atom. The molecule has 0 unspecified atom stereocenters. The molecule has 1 aromatic carbocycles. The summed E-state index contributed by atoms with van der Waals surface area (Å²) in [6.45, 7) is 2.12.